The van der Waals surface area contributed by atoms with Crippen LogP contribution in [0.1, 0.15) is 133 Å². The van der Waals surface area contributed by atoms with E-state index >= 15 is 0 Å². The van der Waals surface area contributed by atoms with E-state index in [1.165, 1.54) is 54.9 Å². The predicted octanol–water partition coefficient (Wildman–Crippen LogP) is 10.5. The highest BCUT2D eigenvalue weighted by Crippen LogP contribution is 2.32. The number of benzene rings is 4. The number of nitrogens with zero attached hydrogens (tertiary/aromatic N) is 2. The van der Waals surface area contributed by atoms with Gasteiger partial charge in [0.25, 0.3) is 0 Å². The molecule has 4 aromatic carbocycles. The van der Waals surface area contributed by atoms with Crippen LogP contribution in [-0.4, -0.2) is 72.9 Å². The van der Waals surface area contributed by atoms with Gasteiger partial charge in [0.2, 0.25) is 0 Å². The lowest BCUT2D eigenvalue weighted by molar-refractivity contribution is 0.0591. The summed E-state index contributed by atoms with van der Waals surface area (Å²) in [4.78, 5) is 47.7. The summed E-state index contributed by atoms with van der Waals surface area (Å²) in [5, 5.41) is 3.13. The Morgan fingerprint density at radius 2 is 1.18 bits per heavy atom. The smallest absolute Gasteiger partial charge is 0.411 e. The minimum Gasteiger partial charge on any atom is -0.496 e. The van der Waals surface area contributed by atoms with E-state index < -0.39 is 103 Å². The van der Waals surface area contributed by atoms with E-state index in [0.29, 0.717) is 27.7 Å². The summed E-state index contributed by atoms with van der Waals surface area (Å²) in [6.07, 6.45) is -14.6. The number of amides is 1. The topological polar surface area (TPSA) is 172 Å². The van der Waals surface area contributed by atoms with Gasteiger partial charge in [-0.2, -0.15) is 0 Å². The lowest BCUT2D eigenvalue weighted by Gasteiger charge is -2.12. The molecule has 8 rings (SSSR count). The Labute approximate surface area is 423 Å². The van der Waals surface area contributed by atoms with Crippen molar-refractivity contribution in [2.24, 2.45) is 14.0 Å². The number of methoxy groups -OCH3 is 4. The van der Waals surface area contributed by atoms with Crippen molar-refractivity contribution in [3.8, 4) is 11.5 Å². The van der Waals surface area contributed by atoms with Crippen LogP contribution in [0.15, 0.2) is 85.2 Å². The van der Waals surface area contributed by atoms with Gasteiger partial charge in [-0.25, -0.2) is 19.2 Å². The summed E-state index contributed by atoms with van der Waals surface area (Å²) in [7, 11) is -11.9. The highest BCUT2D eigenvalue weighted by Gasteiger charge is 2.21. The molecule has 0 saturated heterocycles. The SMILES string of the molecule is [2H]C([2H])([2H])OC(=O)c1ccc(Cc2cn(C([2H])([2H])[2H])c3ccc(N)cc23)c(OC([2H])([2H])[2H])c1.[2H]C([2H])([2H])OC(=O)c1ccc(Cc2cn(C([2H])([2H])[2H])c3ccc(NC(=O)OC4([2H])C([2H])([2H])CCC4([2H])[2H])cc23)c(OC([2H])([2H])[2H])c1.[2H]C1([2H])CCC([2H])([2H])C1([2H])OC(=O)Cl. The number of carbonyl (C=O) groups excluding carboxylic acids is 4. The molecule has 0 unspecified atom stereocenters. The zero-order valence-corrected chi connectivity index (χ0v) is 34.5. The number of hydrogen-bond acceptors (Lipinski definition) is 11. The molecule has 65 heavy (non-hydrogen) atoms. The molecular weight excluding hydrogens is 852 g/mol. The Hall–Kier alpha value is -6.67. The molecule has 15 heteroatoms. The number of aryl methyl sites for hydroxylation is 2. The van der Waals surface area contributed by atoms with Crippen LogP contribution >= 0.6 is 11.6 Å². The van der Waals surface area contributed by atoms with Crippen LogP contribution in [0.5, 0.6) is 11.5 Å². The molecule has 0 bridgehead atoms. The van der Waals surface area contributed by atoms with Crippen molar-refractivity contribution in [1.29, 1.82) is 0 Å². The summed E-state index contributed by atoms with van der Waals surface area (Å²) in [5.74, 6) is -2.98. The number of nitrogen functional groups attached to an aromatic ring is 1. The van der Waals surface area contributed by atoms with Gasteiger partial charge in [-0.1, -0.05) is 12.1 Å². The standard InChI is InChI=1S/C25H28N2O5.C19H20N2O3.C6H9ClO2/c1-27-15-18(12-16-8-9-17(24(28)31-3)13-23(16)30-2)21-14-19(10-11-22(21)27)26-25(29)32-20-6-4-5-7-20;1-21-11-14(16-10-15(20)6-7-17(16)21)8-12-4-5-13(19(22)24-3)9-18(12)23-2;7-6(8)9-5-3-1-2-4-5/h8-11,13-15,20H,4-7,12H2,1-3H3,(H,26,29);4-7,9-11H,8,20H2,1-3H3;5H,1-4H2/i1D3,2D3,3D3,6D2,7D2,20D;1D3,2D3,3D3;3D2,4D2,5D. The van der Waals surface area contributed by atoms with Gasteiger partial charge in [-0.3, -0.25) is 5.32 Å². The van der Waals surface area contributed by atoms with Gasteiger partial charge in [-0.05, 0) is 134 Å². The Morgan fingerprint density at radius 1 is 0.677 bits per heavy atom. The second-order valence-corrected chi connectivity index (χ2v) is 14.1. The molecule has 2 heterocycles. The number of carbonyl (C=O) groups is 4. The molecule has 2 fully saturated rings. The van der Waals surface area contributed by atoms with Gasteiger partial charge >= 0.3 is 23.5 Å². The molecule has 2 saturated carbocycles. The van der Waals surface area contributed by atoms with Crippen LogP contribution < -0.4 is 20.5 Å². The Balaban J connectivity index is 0.000000252. The lowest BCUT2D eigenvalue weighted by Crippen LogP contribution is -2.20. The number of nitrogens with one attached hydrogen (secondary N) is 1. The van der Waals surface area contributed by atoms with Gasteiger partial charge < -0.3 is 43.3 Å². The number of nitrogens with two attached hydrogens (primary N) is 1. The van der Waals surface area contributed by atoms with Gasteiger partial charge in [0.15, 0.2) is 0 Å². The zero-order chi connectivity index (χ0) is 70.6. The van der Waals surface area contributed by atoms with Crippen LogP contribution in [0, 0.1) is 0 Å². The maximum absolute atomic E-state index is 12.8. The number of hydrogen-bond donors (Lipinski definition) is 2. The molecule has 2 aliphatic carbocycles. The number of aromatic nitrogens is 2. The fraction of sp³-hybridized carbons (Fsp3) is 0.360. The molecule has 2 aliphatic rings. The van der Waals surface area contributed by atoms with Crippen LogP contribution in [-0.2, 0) is 45.7 Å². The van der Waals surface area contributed by atoms with Crippen molar-refractivity contribution in [3.63, 3.8) is 0 Å². The first-order valence-electron chi connectivity index (χ1n) is 33.0. The second kappa shape index (κ2) is 22.3. The first kappa shape index (κ1) is 23.0. The van der Waals surface area contributed by atoms with Crippen molar-refractivity contribution in [3.05, 3.63) is 119 Å². The molecule has 6 aromatic rings. The van der Waals surface area contributed by atoms with E-state index in [1.54, 1.807) is 18.2 Å². The van der Waals surface area contributed by atoms with E-state index in [-0.39, 0.29) is 88.9 Å². The number of halogens is 1. The Bertz CT molecular complexity index is 3760. The summed E-state index contributed by atoms with van der Waals surface area (Å²) in [5.41, 5.74) is 6.28. The third-order valence-corrected chi connectivity index (χ3v) is 9.66. The van der Waals surface area contributed by atoms with E-state index in [1.807, 2.05) is 0 Å². The summed E-state index contributed by atoms with van der Waals surface area (Å²) in [6.45, 7) is -5.14. The van der Waals surface area contributed by atoms with E-state index in [2.05, 4.69) is 19.5 Å². The van der Waals surface area contributed by atoms with E-state index in [0.717, 1.165) is 21.3 Å². The van der Waals surface area contributed by atoms with Crippen LogP contribution in [0.4, 0.5) is 21.0 Å². The minimum atomic E-state index is -3.06. The molecule has 0 spiro atoms. The van der Waals surface area contributed by atoms with Gasteiger partial charge in [0.1, 0.15) is 23.7 Å². The quantitative estimate of drug-likeness (QED) is 0.0548. The average molecular weight is 938 g/mol. The molecule has 2 aromatic heterocycles. The summed E-state index contributed by atoms with van der Waals surface area (Å²) >= 11 is 4.89. The first-order chi connectivity index (χ1) is 42.0. The second-order valence-electron chi connectivity index (χ2n) is 13.8. The first-order valence-corrected chi connectivity index (χ1v) is 19.4. The molecular formula is C50H57ClN4O10. The minimum absolute atomic E-state index is 0.0199. The van der Waals surface area contributed by atoms with E-state index in [9.17, 15) is 19.2 Å². The summed E-state index contributed by atoms with van der Waals surface area (Å²) in [6, 6.07) is 16.0. The molecule has 0 radical (unpaired) electrons. The highest BCUT2D eigenvalue weighted by molar-refractivity contribution is 6.61. The fourth-order valence-corrected chi connectivity index (χ4v) is 6.71. The third kappa shape index (κ3) is 12.3. The largest absolute Gasteiger partial charge is 0.496 e. The summed E-state index contributed by atoms with van der Waals surface area (Å²) < 4.78 is 242. The average Bonchev–Trinajstić information content (AvgIpc) is 1.63. The lowest BCUT2D eigenvalue weighted by atomic mass is 10.0. The van der Waals surface area contributed by atoms with Crippen LogP contribution in [0.3, 0.4) is 0 Å². The monoisotopic (exact) mass is 937 g/mol. The number of esters is 2. The molecule has 14 nitrogen and oxygen atoms in total. The number of ether oxygens (including phenoxy) is 6. The van der Waals surface area contributed by atoms with Crippen LogP contribution in [0.2, 0.25) is 0 Å². The molecule has 0 atom stereocenters. The maximum atomic E-state index is 12.8. The van der Waals surface area contributed by atoms with E-state index in [4.69, 9.17) is 69.9 Å². The zero-order valence-electron chi connectivity index (χ0n) is 61.8. The van der Waals surface area contributed by atoms with Gasteiger partial charge in [-0.15, -0.1) is 0 Å². The molecule has 3 N–H and O–H groups in total. The number of rotatable bonds is 11. The fourth-order valence-electron chi connectivity index (χ4n) is 6.64. The van der Waals surface area contributed by atoms with Crippen molar-refractivity contribution in [1.82, 2.24) is 9.13 Å². The van der Waals surface area contributed by atoms with Gasteiger partial charge in [0, 0.05) is 103 Å². The van der Waals surface area contributed by atoms with Crippen molar-refractivity contribution in [2.75, 3.05) is 39.2 Å². The van der Waals surface area contributed by atoms with Crippen molar-refractivity contribution >= 4 is 68.2 Å². The number of anilines is 2. The normalized spacial score (nSPS) is 25.2. The maximum Gasteiger partial charge on any atom is 0.411 e. The van der Waals surface area contributed by atoms with Crippen LogP contribution in [0.25, 0.3) is 21.8 Å². The molecule has 0 aliphatic heterocycles. The Kier molecular flexibility index (Phi) is 7.88. The predicted molar refractivity (Wildman–Crippen MR) is 251 cm³/mol. The van der Waals surface area contributed by atoms with Gasteiger partial charge in [0.05, 0.1) is 58.5 Å². The van der Waals surface area contributed by atoms with Crippen molar-refractivity contribution in [2.45, 2.75) is 76.2 Å². The van der Waals surface area contributed by atoms with Crippen molar-refractivity contribution < 1.29 is 86.0 Å². The highest BCUT2D eigenvalue weighted by atomic mass is 35.5. The Morgan fingerprint density at radius 3 is 1.68 bits per heavy atom. The molecule has 1 amide bonds. The number of fused-ring (bicyclic) bond motifs is 2. The third-order valence-electron chi connectivity index (χ3n) is 9.59. The molecule has 344 valence electrons.